The zero-order valence-corrected chi connectivity index (χ0v) is 25.0. The van der Waals surface area contributed by atoms with Crippen LogP contribution in [0.4, 0.5) is 11.4 Å². The Morgan fingerprint density at radius 3 is 2.25 bits per heavy atom. The Morgan fingerprint density at radius 2 is 1.52 bits per heavy atom. The number of amides is 1. The number of aromatic nitrogens is 1. The summed E-state index contributed by atoms with van der Waals surface area (Å²) in [5.74, 6) is 0.439. The fourth-order valence-electron chi connectivity index (χ4n) is 5.89. The number of carbonyl (C=O) groups excluding carboxylic acids is 2. The normalized spacial score (nSPS) is 14.1. The minimum absolute atomic E-state index is 0.317. The highest BCUT2D eigenvalue weighted by atomic mass is 32.2. The minimum atomic E-state index is -0.534. The molecular formula is C36H28N2O5S. The van der Waals surface area contributed by atoms with E-state index in [9.17, 15) is 9.59 Å². The van der Waals surface area contributed by atoms with Crippen molar-refractivity contribution in [1.29, 1.82) is 0 Å². The van der Waals surface area contributed by atoms with Gasteiger partial charge in [0.2, 0.25) is 0 Å². The molecule has 44 heavy (non-hydrogen) atoms. The van der Waals surface area contributed by atoms with Crippen LogP contribution in [0.25, 0.3) is 22.6 Å². The van der Waals surface area contributed by atoms with Crippen LogP contribution in [0.3, 0.4) is 0 Å². The number of benzene rings is 4. The van der Waals surface area contributed by atoms with Gasteiger partial charge >= 0.3 is 5.97 Å². The van der Waals surface area contributed by atoms with E-state index in [0.29, 0.717) is 40.8 Å². The zero-order valence-electron chi connectivity index (χ0n) is 24.2. The van der Waals surface area contributed by atoms with Gasteiger partial charge in [0.05, 0.1) is 42.4 Å². The van der Waals surface area contributed by atoms with Gasteiger partial charge in [0.1, 0.15) is 0 Å². The number of hydrogen-bond donors (Lipinski definition) is 0. The number of esters is 1. The van der Waals surface area contributed by atoms with Gasteiger partial charge < -0.3 is 14.2 Å². The number of anilines is 2. The number of hydrogen-bond acceptors (Lipinski definition) is 7. The van der Waals surface area contributed by atoms with E-state index < -0.39 is 12.6 Å². The summed E-state index contributed by atoms with van der Waals surface area (Å²) < 4.78 is 16.7. The van der Waals surface area contributed by atoms with E-state index in [2.05, 4.69) is 6.08 Å². The number of methoxy groups -OCH3 is 2. The molecule has 2 aliphatic rings. The van der Waals surface area contributed by atoms with Crippen LogP contribution in [0, 0.1) is 0 Å². The highest BCUT2D eigenvalue weighted by molar-refractivity contribution is 7.99. The van der Waals surface area contributed by atoms with E-state index in [1.165, 1.54) is 0 Å². The highest BCUT2D eigenvalue weighted by Crippen LogP contribution is 2.48. The molecule has 4 aromatic carbocycles. The van der Waals surface area contributed by atoms with Crippen LogP contribution in [0.15, 0.2) is 101 Å². The average Bonchev–Trinajstić information content (AvgIpc) is 3.46. The van der Waals surface area contributed by atoms with E-state index in [-0.39, 0.29) is 5.91 Å². The lowest BCUT2D eigenvalue weighted by molar-refractivity contribution is -0.121. The second-order valence-electron chi connectivity index (χ2n) is 10.5. The van der Waals surface area contributed by atoms with Crippen LogP contribution in [-0.2, 0) is 16.0 Å². The molecule has 1 aliphatic carbocycles. The third-order valence-electron chi connectivity index (χ3n) is 7.90. The number of fused-ring (bicyclic) bond motifs is 4. The van der Waals surface area contributed by atoms with E-state index in [1.807, 2.05) is 91.0 Å². The first-order chi connectivity index (χ1) is 21.6. The van der Waals surface area contributed by atoms with Crippen molar-refractivity contribution >= 4 is 57.6 Å². The van der Waals surface area contributed by atoms with Gasteiger partial charge in [-0.1, -0.05) is 60.3 Å². The van der Waals surface area contributed by atoms with Crippen molar-refractivity contribution in [1.82, 2.24) is 4.98 Å². The molecule has 0 N–H and O–H groups in total. The number of pyridine rings is 1. The molecule has 0 spiro atoms. The molecular weight excluding hydrogens is 572 g/mol. The SMILES string of the molecule is COc1ccc(/C=C2/CCc3c2nc2ccccc2c3C(=O)OCC(=O)N2c3ccccc3Sc3ccccc32)cc1OC. The van der Waals surface area contributed by atoms with Crippen LogP contribution in [0.2, 0.25) is 0 Å². The van der Waals surface area contributed by atoms with E-state index >= 15 is 0 Å². The zero-order chi connectivity index (χ0) is 30.2. The Kier molecular flexibility index (Phi) is 7.28. The van der Waals surface area contributed by atoms with E-state index in [4.69, 9.17) is 19.2 Å². The fraction of sp³-hybridized carbons (Fsp3) is 0.139. The Morgan fingerprint density at radius 1 is 0.841 bits per heavy atom. The second kappa shape index (κ2) is 11.5. The third-order valence-corrected chi connectivity index (χ3v) is 9.03. The monoisotopic (exact) mass is 600 g/mol. The number of para-hydroxylation sites is 3. The molecule has 218 valence electrons. The maximum atomic E-state index is 13.8. The largest absolute Gasteiger partial charge is 0.493 e. The van der Waals surface area contributed by atoms with Crippen molar-refractivity contribution < 1.29 is 23.8 Å². The molecule has 0 atom stereocenters. The lowest BCUT2D eigenvalue weighted by Gasteiger charge is -2.30. The quantitative estimate of drug-likeness (QED) is 0.185. The van der Waals surface area contributed by atoms with Gasteiger partial charge in [0, 0.05) is 15.2 Å². The molecule has 5 aromatic rings. The molecule has 0 fully saturated rings. The van der Waals surface area contributed by atoms with E-state index in [0.717, 1.165) is 43.6 Å². The first-order valence-electron chi connectivity index (χ1n) is 14.3. The molecule has 0 saturated carbocycles. The first-order valence-corrected chi connectivity index (χ1v) is 15.1. The lowest BCUT2D eigenvalue weighted by atomic mass is 10.0. The average molecular weight is 601 g/mol. The lowest BCUT2D eigenvalue weighted by Crippen LogP contribution is -2.32. The first kappa shape index (κ1) is 27.7. The number of ether oxygens (including phenoxy) is 3. The molecule has 0 bridgehead atoms. The summed E-state index contributed by atoms with van der Waals surface area (Å²) in [5.41, 5.74) is 6.27. The molecule has 1 aliphatic heterocycles. The Bertz CT molecular complexity index is 1940. The summed E-state index contributed by atoms with van der Waals surface area (Å²) in [5, 5.41) is 0.709. The third kappa shape index (κ3) is 4.87. The summed E-state index contributed by atoms with van der Waals surface area (Å²) >= 11 is 1.62. The molecule has 7 nitrogen and oxygen atoms in total. The molecule has 2 heterocycles. The summed E-state index contributed by atoms with van der Waals surface area (Å²) in [6.45, 7) is -0.397. The van der Waals surface area contributed by atoms with Crippen molar-refractivity contribution in [2.45, 2.75) is 22.6 Å². The Labute approximate surface area is 259 Å². The van der Waals surface area contributed by atoms with Crippen molar-refractivity contribution in [3.05, 3.63) is 113 Å². The van der Waals surface area contributed by atoms with Gasteiger partial charge in [-0.3, -0.25) is 9.69 Å². The molecule has 8 heteroatoms. The van der Waals surface area contributed by atoms with Crippen molar-refractivity contribution in [2.24, 2.45) is 0 Å². The minimum Gasteiger partial charge on any atom is -0.493 e. The van der Waals surface area contributed by atoms with Crippen LogP contribution < -0.4 is 14.4 Å². The van der Waals surface area contributed by atoms with Crippen molar-refractivity contribution in [3.63, 3.8) is 0 Å². The van der Waals surface area contributed by atoms with Crippen molar-refractivity contribution in [3.8, 4) is 11.5 Å². The Hall–Kier alpha value is -5.08. The Balaban J connectivity index is 1.21. The van der Waals surface area contributed by atoms with Gasteiger partial charge in [-0.25, -0.2) is 9.78 Å². The summed E-state index contributed by atoms with van der Waals surface area (Å²) in [6.07, 6.45) is 3.41. The van der Waals surface area contributed by atoms with Crippen molar-refractivity contribution in [2.75, 3.05) is 25.7 Å². The number of rotatable bonds is 6. The predicted octanol–water partition coefficient (Wildman–Crippen LogP) is 7.73. The maximum Gasteiger partial charge on any atom is 0.339 e. The predicted molar refractivity (Wildman–Crippen MR) is 172 cm³/mol. The highest BCUT2D eigenvalue weighted by Gasteiger charge is 2.31. The van der Waals surface area contributed by atoms with Gasteiger partial charge in [0.25, 0.3) is 5.91 Å². The van der Waals surface area contributed by atoms with Crippen LogP contribution >= 0.6 is 11.8 Å². The second-order valence-corrected chi connectivity index (χ2v) is 11.5. The van der Waals surface area contributed by atoms with Gasteiger partial charge in [0.15, 0.2) is 18.1 Å². The number of nitrogens with zero attached hydrogens (tertiary/aromatic N) is 2. The van der Waals surface area contributed by atoms with Crippen LogP contribution in [-0.4, -0.2) is 37.7 Å². The van der Waals surface area contributed by atoms with E-state index in [1.54, 1.807) is 30.9 Å². The molecule has 0 saturated heterocycles. The summed E-state index contributed by atoms with van der Waals surface area (Å²) in [7, 11) is 3.22. The standard InChI is InChI=1S/C36H28N2O5S/c1-41-29-18-15-22(20-30(29)42-2)19-23-16-17-25-34(24-9-3-4-10-26(24)37-35(23)25)36(40)43-21-33(39)38-27-11-5-7-13-31(27)44-32-14-8-6-12-28(32)38/h3-15,18-20H,16-17,21H2,1-2H3/b23-19-. The van der Waals surface area contributed by atoms with Crippen LogP contribution in [0.1, 0.15) is 33.6 Å². The topological polar surface area (TPSA) is 78.0 Å². The fourth-order valence-corrected chi connectivity index (χ4v) is 6.95. The summed E-state index contributed by atoms with van der Waals surface area (Å²) in [6, 6.07) is 28.8. The van der Waals surface area contributed by atoms with Gasteiger partial charge in [-0.2, -0.15) is 0 Å². The number of carbonyl (C=O) groups is 2. The molecule has 1 amide bonds. The molecule has 7 rings (SSSR count). The van der Waals surface area contributed by atoms with Crippen LogP contribution in [0.5, 0.6) is 11.5 Å². The molecule has 0 unspecified atom stereocenters. The summed E-state index contributed by atoms with van der Waals surface area (Å²) in [4.78, 5) is 36.1. The molecule has 1 aromatic heterocycles. The smallest absolute Gasteiger partial charge is 0.339 e. The number of allylic oxidation sites excluding steroid dienone is 1. The van der Waals surface area contributed by atoms with Gasteiger partial charge in [-0.15, -0.1) is 0 Å². The maximum absolute atomic E-state index is 13.8. The van der Waals surface area contributed by atoms with Gasteiger partial charge in [-0.05, 0) is 78.1 Å². The molecule has 0 radical (unpaired) electrons.